The largest absolute Gasteiger partial charge is 0.0879 e. The lowest BCUT2D eigenvalue weighted by atomic mass is 10.2. The van der Waals surface area contributed by atoms with E-state index in [2.05, 4.69) is 27.7 Å². The van der Waals surface area contributed by atoms with Crippen LogP contribution in [-0.4, -0.2) is 0 Å². The molecule has 1 saturated heterocycles. The van der Waals surface area contributed by atoms with Crippen molar-refractivity contribution >= 4 is 11.8 Å². The van der Waals surface area contributed by atoms with Gasteiger partial charge in [-0.15, -0.1) is 0 Å². The van der Waals surface area contributed by atoms with Gasteiger partial charge in [-0.1, -0.05) is 22.9 Å². The summed E-state index contributed by atoms with van der Waals surface area (Å²) in [6, 6.07) is 0. The molecule has 9 heavy (non-hydrogen) atoms. The van der Waals surface area contributed by atoms with E-state index in [4.69, 9.17) is 0 Å². The molecule has 0 aliphatic carbocycles. The van der Waals surface area contributed by atoms with Crippen LogP contribution < -0.4 is 0 Å². The Labute approximate surface area is 61.0 Å². The summed E-state index contributed by atoms with van der Waals surface area (Å²) >= 11 is 1.91. The van der Waals surface area contributed by atoms with E-state index in [1.165, 1.54) is 21.0 Å². The van der Waals surface area contributed by atoms with E-state index in [0.717, 1.165) is 0 Å². The third-order valence-electron chi connectivity index (χ3n) is 1.28. The van der Waals surface area contributed by atoms with E-state index in [1.54, 1.807) is 0 Å². The molecule has 1 rings (SSSR count). The van der Waals surface area contributed by atoms with E-state index < -0.39 is 0 Å². The third-order valence-corrected chi connectivity index (χ3v) is 2.71. The van der Waals surface area contributed by atoms with E-state index in [0.29, 0.717) is 0 Å². The van der Waals surface area contributed by atoms with Gasteiger partial charge in [0, 0.05) is 9.81 Å². The van der Waals surface area contributed by atoms with Crippen LogP contribution in [0.2, 0.25) is 0 Å². The molecule has 0 N–H and O–H groups in total. The highest BCUT2D eigenvalue weighted by Gasteiger charge is 2.24. The summed E-state index contributed by atoms with van der Waals surface area (Å²) in [5, 5.41) is 0. The predicted octanol–water partition coefficient (Wildman–Crippen LogP) is 3.32. The summed E-state index contributed by atoms with van der Waals surface area (Å²) in [5.41, 5.74) is 2.91. The summed E-state index contributed by atoms with van der Waals surface area (Å²) in [5.74, 6) is 0. The van der Waals surface area contributed by atoms with E-state index >= 15 is 0 Å². The highest BCUT2D eigenvalue weighted by molar-refractivity contribution is 8.16. The van der Waals surface area contributed by atoms with Gasteiger partial charge in [-0.05, 0) is 27.7 Å². The standard InChI is InChI=1S/C8H12S/c1-5(2)7-8(9-7)6(3)4/h1-4H3. The SMILES string of the molecule is CC(C)=C1SC1=C(C)C. The normalized spacial score (nSPS) is 16.0. The maximum absolute atomic E-state index is 2.16. The maximum Gasteiger partial charge on any atom is 0.0248 e. The van der Waals surface area contributed by atoms with Crippen molar-refractivity contribution in [3.63, 3.8) is 0 Å². The molecule has 0 radical (unpaired) electrons. The number of thioether (sulfide) groups is 1. The molecule has 0 amide bonds. The lowest BCUT2D eigenvalue weighted by Gasteiger charge is -1.80. The Hall–Kier alpha value is -0.170. The Morgan fingerprint density at radius 3 is 1.33 bits per heavy atom. The van der Waals surface area contributed by atoms with Gasteiger partial charge in [-0.3, -0.25) is 0 Å². The number of hydrogen-bond donors (Lipinski definition) is 0. The van der Waals surface area contributed by atoms with Crippen molar-refractivity contribution < 1.29 is 0 Å². The highest BCUT2D eigenvalue weighted by Crippen LogP contribution is 2.54. The zero-order valence-electron chi connectivity index (χ0n) is 6.41. The van der Waals surface area contributed by atoms with Crippen molar-refractivity contribution in [1.82, 2.24) is 0 Å². The van der Waals surface area contributed by atoms with Gasteiger partial charge in [0.05, 0.1) is 0 Å². The molecule has 0 aromatic rings. The third kappa shape index (κ3) is 1.39. The van der Waals surface area contributed by atoms with Gasteiger partial charge >= 0.3 is 0 Å². The first kappa shape index (κ1) is 6.94. The van der Waals surface area contributed by atoms with Crippen LogP contribution in [0.15, 0.2) is 21.0 Å². The Morgan fingerprint density at radius 1 is 0.889 bits per heavy atom. The van der Waals surface area contributed by atoms with Crippen molar-refractivity contribution in [2.75, 3.05) is 0 Å². The highest BCUT2D eigenvalue weighted by atomic mass is 32.2. The van der Waals surface area contributed by atoms with Crippen molar-refractivity contribution in [3.05, 3.63) is 21.0 Å². The van der Waals surface area contributed by atoms with Gasteiger partial charge in [0.1, 0.15) is 0 Å². The predicted molar refractivity (Wildman–Crippen MR) is 44.3 cm³/mol. The van der Waals surface area contributed by atoms with Crippen molar-refractivity contribution in [2.24, 2.45) is 0 Å². The number of rotatable bonds is 0. The van der Waals surface area contributed by atoms with Gasteiger partial charge in [-0.2, -0.15) is 0 Å². The molecule has 0 aromatic heterocycles. The molecule has 0 nitrogen and oxygen atoms in total. The molecule has 0 bridgehead atoms. The molecule has 1 aliphatic rings. The zero-order chi connectivity index (χ0) is 7.02. The topological polar surface area (TPSA) is 0 Å². The minimum absolute atomic E-state index is 1.45. The monoisotopic (exact) mass is 140 g/mol. The molecular formula is C8H12S. The fraction of sp³-hybridized carbons (Fsp3) is 0.500. The van der Waals surface area contributed by atoms with E-state index in [1.807, 2.05) is 11.8 Å². The van der Waals surface area contributed by atoms with Crippen LogP contribution in [0.3, 0.4) is 0 Å². The Kier molecular flexibility index (Phi) is 1.71. The van der Waals surface area contributed by atoms with Crippen LogP contribution in [0.1, 0.15) is 27.7 Å². The average Bonchev–Trinajstić information content (AvgIpc) is 2.39. The van der Waals surface area contributed by atoms with Crippen LogP contribution in [0.5, 0.6) is 0 Å². The van der Waals surface area contributed by atoms with Crippen molar-refractivity contribution in [3.8, 4) is 0 Å². The van der Waals surface area contributed by atoms with Gasteiger partial charge in [0.25, 0.3) is 0 Å². The van der Waals surface area contributed by atoms with Crippen LogP contribution in [0.25, 0.3) is 0 Å². The van der Waals surface area contributed by atoms with Crippen LogP contribution >= 0.6 is 11.8 Å². The second-order valence-corrected chi connectivity index (χ2v) is 3.78. The van der Waals surface area contributed by atoms with E-state index in [9.17, 15) is 0 Å². The van der Waals surface area contributed by atoms with Gasteiger partial charge in [0.15, 0.2) is 0 Å². The maximum atomic E-state index is 2.16. The molecule has 1 heteroatoms. The number of allylic oxidation sites excluding steroid dienone is 2. The fourth-order valence-corrected chi connectivity index (χ4v) is 1.70. The minimum Gasteiger partial charge on any atom is -0.0879 e. The molecule has 1 heterocycles. The summed E-state index contributed by atoms with van der Waals surface area (Å²) in [7, 11) is 0. The van der Waals surface area contributed by atoms with Crippen LogP contribution in [-0.2, 0) is 0 Å². The first-order valence-electron chi connectivity index (χ1n) is 3.16. The smallest absolute Gasteiger partial charge is 0.0248 e. The quantitative estimate of drug-likeness (QED) is 0.465. The van der Waals surface area contributed by atoms with Crippen LogP contribution in [0.4, 0.5) is 0 Å². The number of hydrogen-bond acceptors (Lipinski definition) is 1. The fourth-order valence-electron chi connectivity index (χ4n) is 0.735. The van der Waals surface area contributed by atoms with E-state index in [-0.39, 0.29) is 0 Å². The molecule has 0 unspecified atom stereocenters. The lowest BCUT2D eigenvalue weighted by Crippen LogP contribution is -1.62. The molecule has 50 valence electrons. The lowest BCUT2D eigenvalue weighted by molar-refractivity contribution is 1.35. The molecule has 0 aromatic carbocycles. The zero-order valence-corrected chi connectivity index (χ0v) is 7.22. The molecule has 0 atom stereocenters. The Balaban J connectivity index is 2.83. The summed E-state index contributed by atoms with van der Waals surface area (Å²) in [6.07, 6.45) is 0. The Bertz CT molecular complexity index is 167. The van der Waals surface area contributed by atoms with Gasteiger partial charge in [0.2, 0.25) is 0 Å². The molecule has 0 spiro atoms. The molecule has 0 saturated carbocycles. The second kappa shape index (κ2) is 2.22. The Morgan fingerprint density at radius 2 is 1.22 bits per heavy atom. The first-order chi connectivity index (χ1) is 4.13. The van der Waals surface area contributed by atoms with Crippen LogP contribution in [0, 0.1) is 0 Å². The molecule has 1 fully saturated rings. The van der Waals surface area contributed by atoms with Crippen molar-refractivity contribution in [1.29, 1.82) is 0 Å². The summed E-state index contributed by atoms with van der Waals surface area (Å²) in [4.78, 5) is 3.02. The second-order valence-electron chi connectivity index (χ2n) is 2.76. The minimum atomic E-state index is 1.45. The summed E-state index contributed by atoms with van der Waals surface area (Å²) in [6.45, 7) is 8.66. The first-order valence-corrected chi connectivity index (χ1v) is 3.97. The summed E-state index contributed by atoms with van der Waals surface area (Å²) < 4.78 is 0. The average molecular weight is 140 g/mol. The van der Waals surface area contributed by atoms with Gasteiger partial charge in [-0.25, -0.2) is 0 Å². The molecular weight excluding hydrogens is 128 g/mol. The van der Waals surface area contributed by atoms with Gasteiger partial charge < -0.3 is 0 Å². The van der Waals surface area contributed by atoms with Crippen molar-refractivity contribution in [2.45, 2.75) is 27.7 Å². The molecule has 1 aliphatic heterocycles.